The van der Waals surface area contributed by atoms with Gasteiger partial charge in [-0.1, -0.05) is 0 Å². The third kappa shape index (κ3) is 3.03. The predicted molar refractivity (Wildman–Crippen MR) is 52.8 cm³/mol. The Hall–Kier alpha value is 0.0569. The number of rotatable bonds is 4. The second-order valence-electron chi connectivity index (χ2n) is 3.25. The molecule has 1 rings (SSSR count). The summed E-state index contributed by atoms with van der Waals surface area (Å²) in [5.41, 5.74) is 0. The Kier molecular flexibility index (Phi) is 4.90. The Morgan fingerprint density at radius 1 is 1.08 bits per heavy atom. The van der Waals surface area contributed by atoms with Crippen LogP contribution in [0.2, 0.25) is 0 Å². The van der Waals surface area contributed by atoms with Gasteiger partial charge in [-0.3, -0.25) is 4.57 Å². The Labute approximate surface area is 81.7 Å². The van der Waals surface area contributed by atoms with Gasteiger partial charge in [-0.05, 0) is 25.9 Å². The van der Waals surface area contributed by atoms with Crippen LogP contribution in [0.4, 0.5) is 0 Å². The van der Waals surface area contributed by atoms with Crippen LogP contribution in [0.25, 0.3) is 0 Å². The van der Waals surface area contributed by atoms with E-state index >= 15 is 0 Å². The number of ether oxygens (including phenoxy) is 1. The van der Waals surface area contributed by atoms with Crippen LogP contribution in [0.1, 0.15) is 12.8 Å². The Morgan fingerprint density at radius 2 is 1.62 bits per heavy atom. The molecule has 0 amide bonds. The van der Waals surface area contributed by atoms with Crippen molar-refractivity contribution in [2.45, 2.75) is 18.9 Å². The van der Waals surface area contributed by atoms with Gasteiger partial charge in [-0.25, -0.2) is 0 Å². The summed E-state index contributed by atoms with van der Waals surface area (Å²) in [5.74, 6) is 0. The summed E-state index contributed by atoms with van der Waals surface area (Å²) in [6.45, 7) is 2.08. The standard InChI is InChI=1S/C8H19NO3Si/c1-10-8-4-6-9(7-5-8)13(11-2)12-3/h8,13H,4-7H2,1-3H3. The largest absolute Gasteiger partial charge is 0.410 e. The highest BCUT2D eigenvalue weighted by Gasteiger charge is 2.26. The molecule has 1 aliphatic heterocycles. The minimum absolute atomic E-state index is 0.430. The Bertz CT molecular complexity index is 135. The molecule has 0 spiro atoms. The van der Waals surface area contributed by atoms with E-state index in [0.717, 1.165) is 25.9 Å². The lowest BCUT2D eigenvalue weighted by Gasteiger charge is -2.33. The molecule has 0 aromatic rings. The molecular weight excluding hydrogens is 186 g/mol. The minimum atomic E-state index is -1.53. The maximum Gasteiger partial charge on any atom is 0.410 e. The fraction of sp³-hybridized carbons (Fsp3) is 1.00. The van der Waals surface area contributed by atoms with Crippen molar-refractivity contribution in [1.82, 2.24) is 4.57 Å². The second-order valence-corrected chi connectivity index (χ2v) is 5.54. The quantitative estimate of drug-likeness (QED) is 0.610. The Balaban J connectivity index is 2.30. The van der Waals surface area contributed by atoms with Crippen LogP contribution >= 0.6 is 0 Å². The van der Waals surface area contributed by atoms with Crippen LogP contribution in [0.3, 0.4) is 0 Å². The SMILES string of the molecule is COC1CCN([SiH](OC)OC)CC1. The van der Waals surface area contributed by atoms with E-state index < -0.39 is 9.45 Å². The first-order valence-corrected chi connectivity index (χ1v) is 6.10. The zero-order valence-corrected chi connectivity index (χ0v) is 9.81. The van der Waals surface area contributed by atoms with Crippen molar-refractivity contribution >= 4 is 9.45 Å². The highest BCUT2D eigenvalue weighted by Crippen LogP contribution is 2.14. The first kappa shape index (κ1) is 11.1. The number of piperidine rings is 1. The monoisotopic (exact) mass is 205 g/mol. The molecular formula is C8H19NO3Si. The van der Waals surface area contributed by atoms with Crippen molar-refractivity contribution in [2.24, 2.45) is 0 Å². The number of nitrogens with zero attached hydrogens (tertiary/aromatic N) is 1. The smallest absolute Gasteiger partial charge is 0.388 e. The highest BCUT2D eigenvalue weighted by atomic mass is 28.3. The first-order valence-electron chi connectivity index (χ1n) is 4.64. The van der Waals surface area contributed by atoms with E-state index in [-0.39, 0.29) is 0 Å². The molecule has 0 N–H and O–H groups in total. The maximum absolute atomic E-state index is 5.31. The summed E-state index contributed by atoms with van der Waals surface area (Å²) in [4.78, 5) is 0. The van der Waals surface area contributed by atoms with Gasteiger partial charge in [0.15, 0.2) is 0 Å². The molecule has 13 heavy (non-hydrogen) atoms. The summed E-state index contributed by atoms with van der Waals surface area (Å²) >= 11 is 0. The van der Waals surface area contributed by atoms with Crippen molar-refractivity contribution in [3.8, 4) is 0 Å². The summed E-state index contributed by atoms with van der Waals surface area (Å²) < 4.78 is 18.2. The van der Waals surface area contributed by atoms with Crippen molar-refractivity contribution in [1.29, 1.82) is 0 Å². The zero-order chi connectivity index (χ0) is 9.68. The molecule has 0 bridgehead atoms. The van der Waals surface area contributed by atoms with Crippen LogP contribution in [-0.4, -0.2) is 54.5 Å². The lowest BCUT2D eigenvalue weighted by atomic mass is 10.1. The van der Waals surface area contributed by atoms with E-state index in [2.05, 4.69) is 4.57 Å². The number of methoxy groups -OCH3 is 1. The molecule has 1 aliphatic rings. The summed E-state index contributed by atoms with van der Waals surface area (Å²) in [6, 6.07) is 0. The molecule has 78 valence electrons. The van der Waals surface area contributed by atoms with Crippen molar-refractivity contribution < 1.29 is 13.6 Å². The average Bonchev–Trinajstić information content (AvgIpc) is 2.21. The van der Waals surface area contributed by atoms with Crippen molar-refractivity contribution in [3.63, 3.8) is 0 Å². The van der Waals surface area contributed by atoms with E-state index in [1.54, 1.807) is 21.3 Å². The van der Waals surface area contributed by atoms with Gasteiger partial charge in [0, 0.05) is 21.3 Å². The molecule has 0 saturated carbocycles. The summed E-state index contributed by atoms with van der Waals surface area (Å²) in [6.07, 6.45) is 2.61. The molecule has 0 radical (unpaired) electrons. The molecule has 4 nitrogen and oxygen atoms in total. The van der Waals surface area contributed by atoms with Gasteiger partial charge in [-0.15, -0.1) is 0 Å². The molecule has 1 heterocycles. The van der Waals surface area contributed by atoms with Crippen LogP contribution in [0.5, 0.6) is 0 Å². The third-order valence-electron chi connectivity index (χ3n) is 2.51. The zero-order valence-electron chi connectivity index (χ0n) is 8.66. The predicted octanol–water partition coefficient (Wildman–Crippen LogP) is 0.107. The van der Waals surface area contributed by atoms with Gasteiger partial charge >= 0.3 is 9.45 Å². The van der Waals surface area contributed by atoms with Gasteiger partial charge in [0.1, 0.15) is 0 Å². The van der Waals surface area contributed by atoms with E-state index in [4.69, 9.17) is 13.6 Å². The molecule has 0 aromatic heterocycles. The van der Waals surface area contributed by atoms with Crippen LogP contribution in [0, 0.1) is 0 Å². The van der Waals surface area contributed by atoms with E-state index in [0.29, 0.717) is 6.10 Å². The van der Waals surface area contributed by atoms with Gasteiger partial charge in [0.2, 0.25) is 0 Å². The van der Waals surface area contributed by atoms with Gasteiger partial charge < -0.3 is 13.6 Å². The van der Waals surface area contributed by atoms with Crippen LogP contribution < -0.4 is 0 Å². The van der Waals surface area contributed by atoms with Crippen LogP contribution in [0.15, 0.2) is 0 Å². The molecule has 5 heteroatoms. The van der Waals surface area contributed by atoms with Crippen molar-refractivity contribution in [3.05, 3.63) is 0 Å². The second kappa shape index (κ2) is 5.72. The van der Waals surface area contributed by atoms with E-state index in [9.17, 15) is 0 Å². The average molecular weight is 205 g/mol. The fourth-order valence-electron chi connectivity index (χ4n) is 1.72. The van der Waals surface area contributed by atoms with Crippen LogP contribution in [-0.2, 0) is 13.6 Å². The molecule has 0 aromatic carbocycles. The fourth-order valence-corrected chi connectivity index (χ4v) is 3.23. The summed E-state index contributed by atoms with van der Waals surface area (Å²) in [5, 5.41) is 0. The van der Waals surface area contributed by atoms with Gasteiger partial charge in [-0.2, -0.15) is 0 Å². The molecule has 1 saturated heterocycles. The van der Waals surface area contributed by atoms with E-state index in [1.807, 2.05) is 0 Å². The van der Waals surface area contributed by atoms with E-state index in [1.165, 1.54) is 0 Å². The topological polar surface area (TPSA) is 30.9 Å². The number of hydrogen-bond acceptors (Lipinski definition) is 4. The molecule has 0 aliphatic carbocycles. The highest BCUT2D eigenvalue weighted by molar-refractivity contribution is 6.40. The van der Waals surface area contributed by atoms with Crippen molar-refractivity contribution in [2.75, 3.05) is 34.4 Å². The molecule has 0 unspecified atom stereocenters. The lowest BCUT2D eigenvalue weighted by molar-refractivity contribution is 0.0486. The lowest BCUT2D eigenvalue weighted by Crippen LogP contribution is -2.48. The molecule has 1 fully saturated rings. The number of hydrogen-bond donors (Lipinski definition) is 0. The molecule has 0 atom stereocenters. The normalized spacial score (nSPS) is 21.2. The summed E-state index contributed by atoms with van der Waals surface area (Å²) in [7, 11) is 3.70. The van der Waals surface area contributed by atoms with Gasteiger partial charge in [0.25, 0.3) is 0 Å². The maximum atomic E-state index is 5.31. The van der Waals surface area contributed by atoms with Gasteiger partial charge in [0.05, 0.1) is 6.10 Å². The third-order valence-corrected chi connectivity index (χ3v) is 4.43. The first-order chi connectivity index (χ1) is 6.31. The minimum Gasteiger partial charge on any atom is -0.388 e. The Morgan fingerprint density at radius 3 is 2.00 bits per heavy atom.